The highest BCUT2D eigenvalue weighted by Gasteiger charge is 2.28. The predicted octanol–water partition coefficient (Wildman–Crippen LogP) is 2.01. The van der Waals surface area contributed by atoms with Crippen molar-refractivity contribution >= 4 is 17.7 Å². The van der Waals surface area contributed by atoms with Crippen molar-refractivity contribution in [3.05, 3.63) is 29.3 Å². The summed E-state index contributed by atoms with van der Waals surface area (Å²) < 4.78 is 0. The number of carboxylic acids is 1. The van der Waals surface area contributed by atoms with Gasteiger partial charge in [-0.2, -0.15) is 0 Å². The van der Waals surface area contributed by atoms with Crippen LogP contribution in [0.2, 0.25) is 0 Å². The van der Waals surface area contributed by atoms with Gasteiger partial charge in [0.25, 0.3) is 0 Å². The number of urea groups is 1. The zero-order chi connectivity index (χ0) is 13.4. The van der Waals surface area contributed by atoms with Crippen molar-refractivity contribution < 1.29 is 14.7 Å². The van der Waals surface area contributed by atoms with E-state index in [0.29, 0.717) is 19.0 Å². The molecule has 0 saturated heterocycles. The second-order valence-electron chi connectivity index (χ2n) is 5.13. The van der Waals surface area contributed by atoms with Crippen LogP contribution < -0.4 is 10.2 Å². The third kappa shape index (κ3) is 2.16. The average Bonchev–Trinajstić information content (AvgIpc) is 2.76. The second-order valence-corrected chi connectivity index (χ2v) is 5.13. The fraction of sp³-hybridized carbons (Fsp3) is 0.429. The third-order valence-electron chi connectivity index (χ3n) is 3.90. The van der Waals surface area contributed by atoms with Gasteiger partial charge in [-0.15, -0.1) is 0 Å². The number of hydrogen-bond donors (Lipinski definition) is 2. The molecule has 5 heteroatoms. The maximum Gasteiger partial charge on any atom is 0.335 e. The molecule has 0 spiro atoms. The molecule has 1 aromatic carbocycles. The predicted molar refractivity (Wildman–Crippen MR) is 70.6 cm³/mol. The molecule has 0 radical (unpaired) electrons. The molecule has 0 atom stereocenters. The van der Waals surface area contributed by atoms with E-state index in [-0.39, 0.29) is 11.6 Å². The first-order valence-corrected chi connectivity index (χ1v) is 6.59. The van der Waals surface area contributed by atoms with E-state index >= 15 is 0 Å². The molecule has 0 unspecified atom stereocenters. The molecular weight excluding hydrogens is 244 g/mol. The van der Waals surface area contributed by atoms with Crippen molar-refractivity contribution in [1.82, 2.24) is 5.32 Å². The number of benzene rings is 1. The minimum absolute atomic E-state index is 0.0634. The Morgan fingerprint density at radius 2 is 2.11 bits per heavy atom. The standard InChI is InChI=1S/C14H16N2O3/c17-13(18)10-4-5-12-9(8-10)6-7-16(12)14(19)15-11-2-1-3-11/h4-5,8,11H,1-3,6-7H2,(H,15,19)(H,17,18). The quantitative estimate of drug-likeness (QED) is 0.854. The monoisotopic (exact) mass is 260 g/mol. The van der Waals surface area contributed by atoms with Crippen molar-refractivity contribution in [3.8, 4) is 0 Å². The van der Waals surface area contributed by atoms with Crippen LogP contribution in [0.4, 0.5) is 10.5 Å². The van der Waals surface area contributed by atoms with E-state index < -0.39 is 5.97 Å². The lowest BCUT2D eigenvalue weighted by Crippen LogP contribution is -2.46. The molecule has 2 aliphatic rings. The first kappa shape index (κ1) is 12.0. The van der Waals surface area contributed by atoms with Crippen LogP contribution in [0.25, 0.3) is 0 Å². The van der Waals surface area contributed by atoms with Crippen LogP contribution in [-0.4, -0.2) is 29.7 Å². The lowest BCUT2D eigenvalue weighted by Gasteiger charge is -2.29. The molecule has 1 aromatic rings. The van der Waals surface area contributed by atoms with Crippen LogP contribution >= 0.6 is 0 Å². The average molecular weight is 260 g/mol. The highest BCUT2D eigenvalue weighted by Crippen LogP contribution is 2.29. The summed E-state index contributed by atoms with van der Waals surface area (Å²) in [7, 11) is 0. The Morgan fingerprint density at radius 1 is 1.32 bits per heavy atom. The number of aromatic carboxylic acids is 1. The Bertz CT molecular complexity index is 537. The summed E-state index contributed by atoms with van der Waals surface area (Å²) in [5, 5.41) is 12.0. The highest BCUT2D eigenvalue weighted by molar-refractivity contribution is 5.96. The Hall–Kier alpha value is -2.04. The zero-order valence-corrected chi connectivity index (χ0v) is 10.6. The van der Waals surface area contributed by atoms with Gasteiger partial charge in [0.05, 0.1) is 5.56 Å². The van der Waals surface area contributed by atoms with E-state index in [1.54, 1.807) is 23.1 Å². The number of nitrogens with zero attached hydrogens (tertiary/aromatic N) is 1. The van der Waals surface area contributed by atoms with Crippen LogP contribution in [0, 0.1) is 0 Å². The molecule has 2 N–H and O–H groups in total. The van der Waals surface area contributed by atoms with Crippen molar-refractivity contribution in [2.75, 3.05) is 11.4 Å². The Kier molecular flexibility index (Phi) is 2.89. The summed E-state index contributed by atoms with van der Waals surface area (Å²) in [5.74, 6) is -0.930. The second kappa shape index (κ2) is 4.57. The van der Waals surface area contributed by atoms with E-state index in [1.807, 2.05) is 0 Å². The fourth-order valence-electron chi connectivity index (χ4n) is 2.55. The molecular formula is C14H16N2O3. The maximum atomic E-state index is 12.1. The molecule has 2 amide bonds. The molecule has 1 aliphatic carbocycles. The van der Waals surface area contributed by atoms with Crippen LogP contribution in [0.3, 0.4) is 0 Å². The number of amides is 2. The molecule has 0 aromatic heterocycles. The van der Waals surface area contributed by atoms with Gasteiger partial charge in [-0.05, 0) is 49.4 Å². The number of rotatable bonds is 2. The van der Waals surface area contributed by atoms with Crippen molar-refractivity contribution in [1.29, 1.82) is 0 Å². The summed E-state index contributed by atoms with van der Waals surface area (Å²) in [6.45, 7) is 0.622. The molecule has 19 heavy (non-hydrogen) atoms. The lowest BCUT2D eigenvalue weighted by molar-refractivity contribution is 0.0697. The minimum Gasteiger partial charge on any atom is -0.478 e. The number of fused-ring (bicyclic) bond motifs is 1. The van der Waals surface area contributed by atoms with Crippen molar-refractivity contribution in [2.45, 2.75) is 31.7 Å². The van der Waals surface area contributed by atoms with Gasteiger partial charge >= 0.3 is 12.0 Å². The molecule has 1 heterocycles. The van der Waals surface area contributed by atoms with Crippen LogP contribution in [-0.2, 0) is 6.42 Å². The SMILES string of the molecule is O=C(O)c1ccc2c(c1)CCN2C(=O)NC1CCC1. The van der Waals surface area contributed by atoms with Gasteiger partial charge in [0.1, 0.15) is 0 Å². The van der Waals surface area contributed by atoms with E-state index in [2.05, 4.69) is 5.32 Å². The van der Waals surface area contributed by atoms with Gasteiger partial charge in [-0.3, -0.25) is 4.90 Å². The summed E-state index contributed by atoms with van der Waals surface area (Å²) in [5.41, 5.74) is 2.05. The minimum atomic E-state index is -0.930. The van der Waals surface area contributed by atoms with Gasteiger partial charge in [0, 0.05) is 18.3 Å². The van der Waals surface area contributed by atoms with Gasteiger partial charge in [-0.1, -0.05) is 0 Å². The summed E-state index contributed by atoms with van der Waals surface area (Å²) >= 11 is 0. The van der Waals surface area contributed by atoms with Crippen LogP contribution in [0.15, 0.2) is 18.2 Å². The largest absolute Gasteiger partial charge is 0.478 e. The van der Waals surface area contributed by atoms with Gasteiger partial charge in [-0.25, -0.2) is 9.59 Å². The molecule has 1 aliphatic heterocycles. The first-order chi connectivity index (χ1) is 9.15. The molecule has 0 bridgehead atoms. The molecule has 3 rings (SSSR count). The van der Waals surface area contributed by atoms with Crippen molar-refractivity contribution in [2.24, 2.45) is 0 Å². The zero-order valence-electron chi connectivity index (χ0n) is 10.6. The molecule has 1 fully saturated rings. The van der Waals surface area contributed by atoms with E-state index in [1.165, 1.54) is 6.42 Å². The van der Waals surface area contributed by atoms with Crippen molar-refractivity contribution in [3.63, 3.8) is 0 Å². The topological polar surface area (TPSA) is 69.6 Å². The number of carbonyl (C=O) groups excluding carboxylic acids is 1. The fourth-order valence-corrected chi connectivity index (χ4v) is 2.55. The third-order valence-corrected chi connectivity index (χ3v) is 3.90. The Balaban J connectivity index is 1.77. The summed E-state index contributed by atoms with van der Waals surface area (Å²) in [6, 6.07) is 5.19. The normalized spacial score (nSPS) is 17.8. The summed E-state index contributed by atoms with van der Waals surface area (Å²) in [4.78, 5) is 24.8. The highest BCUT2D eigenvalue weighted by atomic mass is 16.4. The smallest absolute Gasteiger partial charge is 0.335 e. The maximum absolute atomic E-state index is 12.1. The summed E-state index contributed by atoms with van der Waals surface area (Å²) in [6.07, 6.45) is 4.02. The first-order valence-electron chi connectivity index (χ1n) is 6.59. The number of carboxylic acid groups (broad SMARTS) is 1. The molecule has 5 nitrogen and oxygen atoms in total. The van der Waals surface area contributed by atoms with E-state index in [4.69, 9.17) is 5.11 Å². The van der Waals surface area contributed by atoms with Gasteiger partial charge < -0.3 is 10.4 Å². The van der Waals surface area contributed by atoms with Gasteiger partial charge in [0.2, 0.25) is 0 Å². The van der Waals surface area contributed by atoms with E-state index in [9.17, 15) is 9.59 Å². The molecule has 1 saturated carbocycles. The number of carbonyl (C=O) groups is 2. The number of nitrogens with one attached hydrogen (secondary N) is 1. The van der Waals surface area contributed by atoms with Crippen LogP contribution in [0.1, 0.15) is 35.2 Å². The lowest BCUT2D eigenvalue weighted by atomic mass is 9.93. The Morgan fingerprint density at radius 3 is 2.74 bits per heavy atom. The van der Waals surface area contributed by atoms with Gasteiger partial charge in [0.15, 0.2) is 0 Å². The Labute approximate surface area is 111 Å². The number of anilines is 1. The number of hydrogen-bond acceptors (Lipinski definition) is 2. The van der Waals surface area contributed by atoms with E-state index in [0.717, 1.165) is 24.1 Å². The van der Waals surface area contributed by atoms with Crippen LogP contribution in [0.5, 0.6) is 0 Å². The molecule has 100 valence electrons.